The minimum atomic E-state index is -0.758. The van der Waals surface area contributed by atoms with E-state index in [2.05, 4.69) is 31.2 Å². The van der Waals surface area contributed by atoms with Gasteiger partial charge in [0.2, 0.25) is 0 Å². The van der Waals surface area contributed by atoms with Gasteiger partial charge in [0.15, 0.2) is 0 Å². The standard InChI is InChI=1S/C22H32O3/c1-3-5-6-7-16-25-20-14-12-18(13-15-20)17-8-10-19(11-9-17)21(4-2)22(23)24/h4,12-15,17,19H,3,5-11,16H2,1-2H3,(H,23,24). The van der Waals surface area contributed by atoms with E-state index < -0.39 is 5.97 Å². The second kappa shape index (κ2) is 10.3. The summed E-state index contributed by atoms with van der Waals surface area (Å²) in [6.45, 7) is 4.84. The zero-order chi connectivity index (χ0) is 18.1. The van der Waals surface area contributed by atoms with Gasteiger partial charge in [0, 0.05) is 5.57 Å². The van der Waals surface area contributed by atoms with E-state index in [1.807, 2.05) is 6.92 Å². The van der Waals surface area contributed by atoms with Crippen molar-refractivity contribution in [3.8, 4) is 5.75 Å². The van der Waals surface area contributed by atoms with Crippen molar-refractivity contribution in [2.24, 2.45) is 5.92 Å². The molecule has 3 heteroatoms. The molecule has 0 unspecified atom stereocenters. The van der Waals surface area contributed by atoms with Crippen molar-refractivity contribution in [3.05, 3.63) is 41.5 Å². The van der Waals surface area contributed by atoms with Crippen LogP contribution < -0.4 is 4.74 Å². The maximum Gasteiger partial charge on any atom is 0.331 e. The zero-order valence-electron chi connectivity index (χ0n) is 15.7. The third-order valence-electron chi connectivity index (χ3n) is 5.34. The number of hydrogen-bond donors (Lipinski definition) is 1. The van der Waals surface area contributed by atoms with E-state index in [0.717, 1.165) is 44.5 Å². The summed E-state index contributed by atoms with van der Waals surface area (Å²) < 4.78 is 5.81. The van der Waals surface area contributed by atoms with Gasteiger partial charge in [0.25, 0.3) is 0 Å². The predicted octanol–water partition coefficient (Wildman–Crippen LogP) is 5.95. The molecule has 0 aliphatic heterocycles. The number of rotatable bonds is 9. The van der Waals surface area contributed by atoms with Gasteiger partial charge in [-0.05, 0) is 68.6 Å². The molecule has 1 aromatic carbocycles. The van der Waals surface area contributed by atoms with Crippen LogP contribution in [0.2, 0.25) is 0 Å². The smallest absolute Gasteiger partial charge is 0.331 e. The fourth-order valence-electron chi connectivity index (χ4n) is 3.83. The van der Waals surface area contributed by atoms with Crippen LogP contribution in [0.4, 0.5) is 0 Å². The van der Waals surface area contributed by atoms with Crippen molar-refractivity contribution in [2.75, 3.05) is 6.61 Å². The number of aliphatic carboxylic acids is 1. The van der Waals surface area contributed by atoms with Crippen LogP contribution in [0.5, 0.6) is 5.75 Å². The highest BCUT2D eigenvalue weighted by Crippen LogP contribution is 2.39. The van der Waals surface area contributed by atoms with Crippen LogP contribution in [0.1, 0.15) is 76.7 Å². The van der Waals surface area contributed by atoms with Crippen molar-refractivity contribution in [2.45, 2.75) is 71.1 Å². The van der Waals surface area contributed by atoms with Crippen LogP contribution in [0.25, 0.3) is 0 Å². The van der Waals surface area contributed by atoms with Gasteiger partial charge in [-0.3, -0.25) is 0 Å². The Labute approximate surface area is 152 Å². The lowest BCUT2D eigenvalue weighted by atomic mass is 9.76. The summed E-state index contributed by atoms with van der Waals surface area (Å²) in [5, 5.41) is 9.28. The zero-order valence-corrected chi connectivity index (χ0v) is 15.7. The van der Waals surface area contributed by atoms with Crippen molar-refractivity contribution in [1.29, 1.82) is 0 Å². The number of carboxylic acids is 1. The summed E-state index contributed by atoms with van der Waals surface area (Å²) in [6, 6.07) is 8.52. The van der Waals surface area contributed by atoms with E-state index in [1.54, 1.807) is 6.08 Å². The Bertz CT molecular complexity index is 551. The van der Waals surface area contributed by atoms with Crippen molar-refractivity contribution < 1.29 is 14.6 Å². The van der Waals surface area contributed by atoms with Crippen LogP contribution in [-0.4, -0.2) is 17.7 Å². The number of unbranched alkanes of at least 4 members (excludes halogenated alkanes) is 3. The highest BCUT2D eigenvalue weighted by molar-refractivity contribution is 5.87. The summed E-state index contributed by atoms with van der Waals surface area (Å²) in [5.41, 5.74) is 1.94. The molecular formula is C22H32O3. The molecule has 1 aromatic rings. The van der Waals surface area contributed by atoms with Gasteiger partial charge in [-0.1, -0.05) is 44.4 Å². The number of allylic oxidation sites excluding steroid dienone is 1. The molecular weight excluding hydrogens is 312 g/mol. The first-order valence-electron chi connectivity index (χ1n) is 9.78. The Morgan fingerprint density at radius 3 is 2.36 bits per heavy atom. The highest BCUT2D eigenvalue weighted by Gasteiger charge is 2.27. The Balaban J connectivity index is 1.80. The van der Waals surface area contributed by atoms with E-state index in [4.69, 9.17) is 4.74 Å². The molecule has 138 valence electrons. The summed E-state index contributed by atoms with van der Waals surface area (Å²) in [5.74, 6) is 0.952. The largest absolute Gasteiger partial charge is 0.494 e. The summed E-state index contributed by atoms with van der Waals surface area (Å²) in [7, 11) is 0. The van der Waals surface area contributed by atoms with Crippen LogP contribution >= 0.6 is 0 Å². The highest BCUT2D eigenvalue weighted by atomic mass is 16.5. The minimum absolute atomic E-state index is 0.212. The molecule has 0 spiro atoms. The lowest BCUT2D eigenvalue weighted by molar-refractivity contribution is -0.133. The van der Waals surface area contributed by atoms with E-state index in [1.165, 1.54) is 24.8 Å². The average Bonchev–Trinajstić information content (AvgIpc) is 2.63. The van der Waals surface area contributed by atoms with Crippen LogP contribution in [0.3, 0.4) is 0 Å². The number of carbonyl (C=O) groups is 1. The topological polar surface area (TPSA) is 46.5 Å². The first kappa shape index (κ1) is 19.6. The van der Waals surface area contributed by atoms with E-state index in [-0.39, 0.29) is 5.92 Å². The molecule has 3 nitrogen and oxygen atoms in total. The molecule has 1 N–H and O–H groups in total. The molecule has 0 atom stereocenters. The molecule has 2 rings (SSSR count). The second-order valence-electron chi connectivity index (χ2n) is 7.08. The fraction of sp³-hybridized carbons (Fsp3) is 0.591. The molecule has 0 bridgehead atoms. The summed E-state index contributed by atoms with van der Waals surface area (Å²) in [4.78, 5) is 11.3. The van der Waals surface area contributed by atoms with Gasteiger partial charge in [-0.25, -0.2) is 4.79 Å². The Kier molecular flexibility index (Phi) is 8.03. The van der Waals surface area contributed by atoms with Crippen LogP contribution in [-0.2, 0) is 4.79 Å². The molecule has 1 fully saturated rings. The van der Waals surface area contributed by atoms with Crippen molar-refractivity contribution in [3.63, 3.8) is 0 Å². The third-order valence-corrected chi connectivity index (χ3v) is 5.34. The minimum Gasteiger partial charge on any atom is -0.494 e. The average molecular weight is 344 g/mol. The Morgan fingerprint density at radius 1 is 1.12 bits per heavy atom. The van der Waals surface area contributed by atoms with Gasteiger partial charge >= 0.3 is 5.97 Å². The number of hydrogen-bond acceptors (Lipinski definition) is 2. The van der Waals surface area contributed by atoms with Gasteiger partial charge in [0.1, 0.15) is 5.75 Å². The predicted molar refractivity (Wildman–Crippen MR) is 102 cm³/mol. The number of ether oxygens (including phenoxy) is 1. The quantitative estimate of drug-likeness (QED) is 0.445. The number of benzene rings is 1. The molecule has 1 aliphatic carbocycles. The van der Waals surface area contributed by atoms with Crippen LogP contribution in [0.15, 0.2) is 35.9 Å². The summed E-state index contributed by atoms with van der Waals surface area (Å²) >= 11 is 0. The van der Waals surface area contributed by atoms with Gasteiger partial charge in [0.05, 0.1) is 6.61 Å². The Hall–Kier alpha value is -1.77. The Morgan fingerprint density at radius 2 is 1.80 bits per heavy atom. The molecule has 0 heterocycles. The first-order chi connectivity index (χ1) is 12.2. The second-order valence-corrected chi connectivity index (χ2v) is 7.08. The molecule has 25 heavy (non-hydrogen) atoms. The fourth-order valence-corrected chi connectivity index (χ4v) is 3.83. The van der Waals surface area contributed by atoms with Crippen LogP contribution in [0, 0.1) is 5.92 Å². The lowest BCUT2D eigenvalue weighted by Crippen LogP contribution is -2.19. The summed E-state index contributed by atoms with van der Waals surface area (Å²) in [6.07, 6.45) is 10.7. The molecule has 0 saturated heterocycles. The number of carboxylic acid groups (broad SMARTS) is 1. The molecule has 0 radical (unpaired) electrons. The van der Waals surface area contributed by atoms with Crippen molar-refractivity contribution >= 4 is 5.97 Å². The van der Waals surface area contributed by atoms with E-state index in [0.29, 0.717) is 11.5 Å². The molecule has 1 saturated carbocycles. The molecule has 0 aromatic heterocycles. The maximum atomic E-state index is 11.3. The third kappa shape index (κ3) is 5.91. The lowest BCUT2D eigenvalue weighted by Gasteiger charge is -2.29. The molecule has 1 aliphatic rings. The van der Waals surface area contributed by atoms with Gasteiger partial charge < -0.3 is 9.84 Å². The SMILES string of the molecule is CC=C(C(=O)O)C1CCC(c2ccc(OCCCCCC)cc2)CC1. The maximum absolute atomic E-state index is 11.3. The first-order valence-corrected chi connectivity index (χ1v) is 9.78. The van der Waals surface area contributed by atoms with Crippen molar-refractivity contribution in [1.82, 2.24) is 0 Å². The normalized spacial score (nSPS) is 21.1. The van der Waals surface area contributed by atoms with Gasteiger partial charge in [-0.15, -0.1) is 0 Å². The van der Waals surface area contributed by atoms with E-state index >= 15 is 0 Å². The molecule has 0 amide bonds. The van der Waals surface area contributed by atoms with E-state index in [9.17, 15) is 9.90 Å². The monoisotopic (exact) mass is 344 g/mol. The van der Waals surface area contributed by atoms with Gasteiger partial charge in [-0.2, -0.15) is 0 Å².